The minimum atomic E-state index is -1.50. The van der Waals surface area contributed by atoms with Crippen molar-refractivity contribution in [3.63, 3.8) is 0 Å². The maximum atomic E-state index is 10.5. The first-order valence-corrected chi connectivity index (χ1v) is 9.08. The lowest BCUT2D eigenvalue weighted by atomic mass is 9.98. The molecule has 0 saturated carbocycles. The molecular weight excluding hydrogens is 386 g/mol. The predicted octanol–water partition coefficient (Wildman–Crippen LogP) is -0.839. The largest absolute Gasteiger partial charge is 0.494 e. The normalized spacial score (nSPS) is 27.0. The van der Waals surface area contributed by atoms with E-state index >= 15 is 0 Å². The Kier molecular flexibility index (Phi) is 6.77. The Bertz CT molecular complexity index is 810. The third-order valence-electron chi connectivity index (χ3n) is 4.59. The molecule has 0 unspecified atom stereocenters. The lowest BCUT2D eigenvalue weighted by molar-refractivity contribution is -0.254. The number of benzene rings is 1. The van der Waals surface area contributed by atoms with E-state index in [0.29, 0.717) is 30.0 Å². The van der Waals surface area contributed by atoms with E-state index in [2.05, 4.69) is 10.3 Å². The maximum Gasteiger partial charge on any atom is 0.303 e. The molecule has 11 nitrogen and oxygen atoms in total. The van der Waals surface area contributed by atoms with E-state index in [-0.39, 0.29) is 6.42 Å². The zero-order valence-corrected chi connectivity index (χ0v) is 15.4. The summed E-state index contributed by atoms with van der Waals surface area (Å²) >= 11 is 0. The van der Waals surface area contributed by atoms with Crippen molar-refractivity contribution in [2.75, 3.05) is 13.2 Å². The molecule has 1 aliphatic rings. The molecule has 0 bridgehead atoms. The first kappa shape index (κ1) is 21.1. The third-order valence-corrected chi connectivity index (χ3v) is 4.59. The van der Waals surface area contributed by atoms with Gasteiger partial charge in [-0.2, -0.15) is 0 Å². The van der Waals surface area contributed by atoms with Crippen molar-refractivity contribution < 1.29 is 39.8 Å². The Morgan fingerprint density at radius 2 is 1.86 bits per heavy atom. The second-order valence-corrected chi connectivity index (χ2v) is 6.67. The number of aromatic nitrogens is 3. The van der Waals surface area contributed by atoms with Gasteiger partial charge in [0.1, 0.15) is 35.9 Å². The molecule has 1 aromatic carbocycles. The van der Waals surface area contributed by atoms with Crippen LogP contribution in [0.5, 0.6) is 5.75 Å². The summed E-state index contributed by atoms with van der Waals surface area (Å²) in [5.41, 5.74) is 1.18. The molecule has 0 spiro atoms. The van der Waals surface area contributed by atoms with Gasteiger partial charge in [0, 0.05) is 12.0 Å². The molecule has 5 atom stereocenters. The second kappa shape index (κ2) is 9.29. The highest BCUT2D eigenvalue weighted by atomic mass is 16.6. The average molecular weight is 409 g/mol. The van der Waals surface area contributed by atoms with Crippen molar-refractivity contribution in [1.29, 1.82) is 0 Å². The van der Waals surface area contributed by atoms with Gasteiger partial charge in [-0.05, 0) is 30.7 Å². The number of nitrogens with zero attached hydrogens (tertiary/aromatic N) is 3. The molecule has 1 fully saturated rings. The number of carboxylic acid groups (broad SMARTS) is 1. The standard InChI is InChI=1S/C18H23N3O8/c22-9-13-15(25)16(26)17(27)18(29-13)21-8-12(19-20-21)10-3-5-11(6-4-10)28-7-1-2-14(23)24/h3-6,8,13,15-18,22,25-27H,1-2,7,9H2,(H,23,24)/t13-,15-,16+,17+,18+/m1/s1. The average Bonchev–Trinajstić information content (AvgIpc) is 3.20. The Morgan fingerprint density at radius 1 is 1.14 bits per heavy atom. The monoisotopic (exact) mass is 409 g/mol. The van der Waals surface area contributed by atoms with E-state index in [4.69, 9.17) is 14.6 Å². The van der Waals surface area contributed by atoms with Gasteiger partial charge >= 0.3 is 5.97 Å². The van der Waals surface area contributed by atoms with Crippen LogP contribution in [0.25, 0.3) is 11.3 Å². The molecule has 11 heteroatoms. The van der Waals surface area contributed by atoms with Gasteiger partial charge in [-0.15, -0.1) is 5.10 Å². The topological polar surface area (TPSA) is 167 Å². The van der Waals surface area contributed by atoms with E-state index in [1.165, 1.54) is 10.9 Å². The number of aliphatic hydroxyl groups excluding tert-OH is 4. The van der Waals surface area contributed by atoms with Gasteiger partial charge in [-0.25, -0.2) is 4.68 Å². The van der Waals surface area contributed by atoms with Crippen molar-refractivity contribution in [2.24, 2.45) is 0 Å². The number of carboxylic acids is 1. The number of hydrogen-bond donors (Lipinski definition) is 5. The number of ether oxygens (including phenoxy) is 2. The molecule has 1 aromatic heterocycles. The van der Waals surface area contributed by atoms with Crippen molar-refractivity contribution in [3.8, 4) is 17.0 Å². The summed E-state index contributed by atoms with van der Waals surface area (Å²) in [7, 11) is 0. The molecule has 1 aliphatic heterocycles. The molecule has 1 saturated heterocycles. The summed E-state index contributed by atoms with van der Waals surface area (Å²) < 4.78 is 12.1. The van der Waals surface area contributed by atoms with Gasteiger partial charge in [0.15, 0.2) is 6.23 Å². The number of aliphatic carboxylic acids is 1. The number of hydrogen-bond acceptors (Lipinski definition) is 9. The first-order valence-electron chi connectivity index (χ1n) is 9.08. The van der Waals surface area contributed by atoms with Crippen molar-refractivity contribution in [2.45, 2.75) is 43.5 Å². The van der Waals surface area contributed by atoms with Crippen molar-refractivity contribution in [3.05, 3.63) is 30.5 Å². The fraction of sp³-hybridized carbons (Fsp3) is 0.500. The highest BCUT2D eigenvalue weighted by Crippen LogP contribution is 2.29. The van der Waals surface area contributed by atoms with Crippen molar-refractivity contribution >= 4 is 5.97 Å². The Morgan fingerprint density at radius 3 is 2.52 bits per heavy atom. The summed E-state index contributed by atoms with van der Waals surface area (Å²) in [5, 5.41) is 55.8. The lowest BCUT2D eigenvalue weighted by Gasteiger charge is -2.39. The third kappa shape index (κ3) is 4.89. The minimum Gasteiger partial charge on any atom is -0.494 e. The van der Waals surface area contributed by atoms with Crippen LogP contribution in [-0.4, -0.2) is 84.1 Å². The summed E-state index contributed by atoms with van der Waals surface area (Å²) in [4.78, 5) is 10.5. The molecule has 0 aliphatic carbocycles. The Hall–Kier alpha value is -2.57. The minimum absolute atomic E-state index is 0.0408. The van der Waals surface area contributed by atoms with Crippen LogP contribution in [0.1, 0.15) is 19.1 Å². The van der Waals surface area contributed by atoms with Crippen LogP contribution < -0.4 is 4.74 Å². The fourth-order valence-electron chi connectivity index (χ4n) is 2.97. The van der Waals surface area contributed by atoms with Gasteiger partial charge < -0.3 is 35.0 Å². The van der Waals surface area contributed by atoms with E-state index in [9.17, 15) is 25.2 Å². The lowest BCUT2D eigenvalue weighted by Crippen LogP contribution is -2.56. The smallest absolute Gasteiger partial charge is 0.303 e. The summed E-state index contributed by atoms with van der Waals surface area (Å²) in [6.07, 6.45) is -4.61. The number of aliphatic hydroxyl groups is 4. The fourth-order valence-corrected chi connectivity index (χ4v) is 2.97. The summed E-state index contributed by atoms with van der Waals surface area (Å²) in [6, 6.07) is 6.91. The maximum absolute atomic E-state index is 10.5. The Balaban J connectivity index is 1.65. The van der Waals surface area contributed by atoms with Crippen LogP contribution in [0.4, 0.5) is 0 Å². The molecule has 5 N–H and O–H groups in total. The van der Waals surface area contributed by atoms with Crippen LogP contribution in [0, 0.1) is 0 Å². The molecule has 158 valence electrons. The first-order chi connectivity index (χ1) is 13.9. The van der Waals surface area contributed by atoms with Crippen LogP contribution in [0.15, 0.2) is 30.5 Å². The van der Waals surface area contributed by atoms with Gasteiger partial charge in [0.25, 0.3) is 0 Å². The molecule has 0 amide bonds. The Labute approximate surface area is 165 Å². The summed E-state index contributed by atoms with van der Waals surface area (Å²) in [5.74, 6) is -0.285. The summed E-state index contributed by atoms with van der Waals surface area (Å²) in [6.45, 7) is -0.240. The quantitative estimate of drug-likeness (QED) is 0.347. The molecule has 2 heterocycles. The predicted molar refractivity (Wildman–Crippen MR) is 96.8 cm³/mol. The van der Waals surface area contributed by atoms with E-state index < -0.39 is 43.2 Å². The van der Waals surface area contributed by atoms with Crippen LogP contribution >= 0.6 is 0 Å². The SMILES string of the molecule is O=C(O)CCCOc1ccc(-c2cn([C@H]3O[C@H](CO)[C@@H](O)[C@H](O)[C@@H]3O)nn2)cc1. The zero-order valence-electron chi connectivity index (χ0n) is 15.4. The number of carbonyl (C=O) groups is 1. The second-order valence-electron chi connectivity index (χ2n) is 6.67. The van der Waals surface area contributed by atoms with E-state index in [1.54, 1.807) is 24.3 Å². The van der Waals surface area contributed by atoms with Crippen LogP contribution in [0.2, 0.25) is 0 Å². The highest BCUT2D eigenvalue weighted by Gasteiger charge is 2.44. The molecule has 29 heavy (non-hydrogen) atoms. The van der Waals surface area contributed by atoms with Crippen LogP contribution in [0.3, 0.4) is 0 Å². The van der Waals surface area contributed by atoms with Gasteiger partial charge in [-0.3, -0.25) is 4.79 Å². The van der Waals surface area contributed by atoms with Crippen LogP contribution in [-0.2, 0) is 9.53 Å². The van der Waals surface area contributed by atoms with Crippen molar-refractivity contribution in [1.82, 2.24) is 15.0 Å². The molecule has 3 rings (SSSR count). The van der Waals surface area contributed by atoms with E-state index in [0.717, 1.165) is 0 Å². The zero-order chi connectivity index (χ0) is 21.0. The van der Waals surface area contributed by atoms with E-state index in [1.807, 2.05) is 0 Å². The van der Waals surface area contributed by atoms with Gasteiger partial charge in [-0.1, -0.05) is 5.21 Å². The molecular formula is C18H23N3O8. The van der Waals surface area contributed by atoms with Gasteiger partial charge in [0.2, 0.25) is 0 Å². The molecule has 2 aromatic rings. The molecule has 0 radical (unpaired) electrons. The number of rotatable bonds is 8. The van der Waals surface area contributed by atoms with Gasteiger partial charge in [0.05, 0.1) is 19.4 Å². The highest BCUT2D eigenvalue weighted by molar-refractivity contribution is 5.66.